The Bertz CT molecular complexity index is 753. The lowest BCUT2D eigenvalue weighted by atomic mass is 10.1. The Labute approximate surface area is 123 Å². The third kappa shape index (κ3) is 3.22. The molecule has 0 atom stereocenters. The van der Waals surface area contributed by atoms with Crippen LogP contribution < -0.4 is 10.5 Å². The van der Waals surface area contributed by atoms with Gasteiger partial charge in [0, 0.05) is 6.54 Å². The Balaban J connectivity index is 2.44. The summed E-state index contributed by atoms with van der Waals surface area (Å²) >= 11 is 0. The predicted molar refractivity (Wildman–Crippen MR) is 81.0 cm³/mol. The average Bonchev–Trinajstić information content (AvgIpc) is 2.43. The van der Waals surface area contributed by atoms with Gasteiger partial charge in [-0.3, -0.25) is 4.72 Å². The number of halogens is 1. The molecule has 2 aromatic carbocycles. The summed E-state index contributed by atoms with van der Waals surface area (Å²) in [5, 5.41) is 0. The van der Waals surface area contributed by atoms with Crippen molar-refractivity contribution in [3.8, 4) is 0 Å². The summed E-state index contributed by atoms with van der Waals surface area (Å²) in [7, 11) is -3.85. The van der Waals surface area contributed by atoms with Crippen LogP contribution in [0.4, 0.5) is 10.1 Å². The highest BCUT2D eigenvalue weighted by Gasteiger charge is 2.18. The molecule has 2 aromatic rings. The van der Waals surface area contributed by atoms with E-state index in [1.807, 2.05) is 6.92 Å². The van der Waals surface area contributed by atoms with E-state index in [1.165, 1.54) is 24.3 Å². The molecule has 0 saturated carbocycles. The summed E-state index contributed by atoms with van der Waals surface area (Å²) in [6.45, 7) is 3.74. The highest BCUT2D eigenvalue weighted by molar-refractivity contribution is 7.92. The van der Waals surface area contributed by atoms with E-state index in [1.54, 1.807) is 19.1 Å². The van der Waals surface area contributed by atoms with Crippen molar-refractivity contribution < 1.29 is 12.8 Å². The van der Waals surface area contributed by atoms with Crippen LogP contribution >= 0.6 is 0 Å². The first-order valence-corrected chi connectivity index (χ1v) is 7.91. The topological polar surface area (TPSA) is 72.2 Å². The fraction of sp³-hybridized carbons (Fsp3) is 0.200. The summed E-state index contributed by atoms with van der Waals surface area (Å²) < 4.78 is 40.8. The predicted octanol–water partition coefficient (Wildman–Crippen LogP) is 2.70. The van der Waals surface area contributed by atoms with Crippen LogP contribution in [0.3, 0.4) is 0 Å². The highest BCUT2D eigenvalue weighted by Crippen LogP contribution is 2.23. The first-order valence-electron chi connectivity index (χ1n) is 6.42. The first-order chi connectivity index (χ1) is 9.85. The van der Waals surface area contributed by atoms with Crippen molar-refractivity contribution in [2.24, 2.45) is 5.73 Å². The lowest BCUT2D eigenvalue weighted by Gasteiger charge is -2.13. The Morgan fingerprint density at radius 2 is 1.86 bits per heavy atom. The zero-order chi connectivity index (χ0) is 15.6. The summed E-state index contributed by atoms with van der Waals surface area (Å²) in [6, 6.07) is 9.05. The summed E-state index contributed by atoms with van der Waals surface area (Å²) in [6.07, 6.45) is 0. The van der Waals surface area contributed by atoms with Gasteiger partial charge in [0.2, 0.25) is 0 Å². The van der Waals surface area contributed by atoms with E-state index in [2.05, 4.69) is 4.72 Å². The number of aryl methyl sites for hydroxylation is 2. The molecule has 0 aliphatic rings. The van der Waals surface area contributed by atoms with Crippen LogP contribution in [0.1, 0.15) is 16.7 Å². The smallest absolute Gasteiger partial charge is 0.262 e. The largest absolute Gasteiger partial charge is 0.326 e. The van der Waals surface area contributed by atoms with Crippen LogP contribution in [-0.4, -0.2) is 8.42 Å². The molecular weight excluding hydrogens is 291 g/mol. The Kier molecular flexibility index (Phi) is 4.29. The van der Waals surface area contributed by atoms with Gasteiger partial charge in [-0.25, -0.2) is 12.8 Å². The average molecular weight is 308 g/mol. The van der Waals surface area contributed by atoms with Gasteiger partial charge in [0.05, 0.1) is 10.6 Å². The van der Waals surface area contributed by atoms with Gasteiger partial charge in [0.15, 0.2) is 0 Å². The van der Waals surface area contributed by atoms with Crippen LogP contribution in [0.15, 0.2) is 41.3 Å². The maximum atomic E-state index is 13.8. The lowest BCUT2D eigenvalue weighted by Crippen LogP contribution is -2.15. The molecular formula is C15H17FN2O2S. The fourth-order valence-electron chi connectivity index (χ4n) is 1.99. The molecule has 0 heterocycles. The molecule has 0 bridgehead atoms. The van der Waals surface area contributed by atoms with Crippen LogP contribution in [0, 0.1) is 19.7 Å². The second-order valence-corrected chi connectivity index (χ2v) is 6.51. The fourth-order valence-corrected chi connectivity index (χ4v) is 3.18. The number of rotatable bonds is 4. The molecule has 3 N–H and O–H groups in total. The van der Waals surface area contributed by atoms with Gasteiger partial charge in [-0.05, 0) is 48.7 Å². The molecule has 21 heavy (non-hydrogen) atoms. The molecule has 0 radical (unpaired) electrons. The van der Waals surface area contributed by atoms with Crippen molar-refractivity contribution in [3.05, 3.63) is 58.9 Å². The van der Waals surface area contributed by atoms with Gasteiger partial charge in [-0.1, -0.05) is 18.2 Å². The Morgan fingerprint density at radius 3 is 2.48 bits per heavy atom. The molecule has 0 spiro atoms. The van der Waals surface area contributed by atoms with Crippen LogP contribution in [-0.2, 0) is 16.6 Å². The molecule has 112 valence electrons. The van der Waals surface area contributed by atoms with Crippen molar-refractivity contribution in [3.63, 3.8) is 0 Å². The highest BCUT2D eigenvalue weighted by atomic mass is 32.2. The van der Waals surface area contributed by atoms with E-state index in [-0.39, 0.29) is 17.1 Å². The van der Waals surface area contributed by atoms with E-state index in [9.17, 15) is 12.8 Å². The van der Waals surface area contributed by atoms with Crippen LogP contribution in [0.2, 0.25) is 0 Å². The Hall–Kier alpha value is -1.92. The van der Waals surface area contributed by atoms with E-state index in [0.717, 1.165) is 11.1 Å². The molecule has 0 aliphatic heterocycles. The molecule has 0 unspecified atom stereocenters. The normalized spacial score (nSPS) is 11.4. The standard InChI is InChI=1S/C15H17FN2O2S/c1-10-6-7-13(8-12(10)9-17)21(19,20)18-15-11(2)4-3-5-14(15)16/h3-8,18H,9,17H2,1-2H3. The van der Waals surface area contributed by atoms with Gasteiger partial charge in [0.25, 0.3) is 10.0 Å². The molecule has 0 aromatic heterocycles. The first kappa shape index (κ1) is 15.5. The summed E-state index contributed by atoms with van der Waals surface area (Å²) in [5.41, 5.74) is 7.73. The number of nitrogens with two attached hydrogens (primary N) is 1. The third-order valence-electron chi connectivity index (χ3n) is 3.31. The van der Waals surface area contributed by atoms with Gasteiger partial charge in [0.1, 0.15) is 5.82 Å². The van der Waals surface area contributed by atoms with E-state index in [4.69, 9.17) is 5.73 Å². The third-order valence-corrected chi connectivity index (χ3v) is 4.66. The van der Waals surface area contributed by atoms with Crippen molar-refractivity contribution >= 4 is 15.7 Å². The van der Waals surface area contributed by atoms with Gasteiger partial charge in [-0.15, -0.1) is 0 Å². The minimum Gasteiger partial charge on any atom is -0.326 e. The van der Waals surface area contributed by atoms with Gasteiger partial charge >= 0.3 is 0 Å². The molecule has 0 fully saturated rings. The number of para-hydroxylation sites is 1. The number of nitrogens with one attached hydrogen (secondary N) is 1. The molecule has 0 aliphatic carbocycles. The van der Waals surface area contributed by atoms with Crippen molar-refractivity contribution in [1.29, 1.82) is 0 Å². The second kappa shape index (κ2) is 5.83. The molecule has 0 saturated heterocycles. The van der Waals surface area contributed by atoms with Crippen molar-refractivity contribution in [2.75, 3.05) is 4.72 Å². The van der Waals surface area contributed by atoms with Crippen molar-refractivity contribution in [1.82, 2.24) is 0 Å². The van der Waals surface area contributed by atoms with Crippen molar-refractivity contribution in [2.45, 2.75) is 25.3 Å². The Morgan fingerprint density at radius 1 is 1.14 bits per heavy atom. The quantitative estimate of drug-likeness (QED) is 0.912. The second-order valence-electron chi connectivity index (χ2n) is 4.83. The minimum absolute atomic E-state index is 0.0348. The lowest BCUT2D eigenvalue weighted by molar-refractivity contribution is 0.598. The van der Waals surface area contributed by atoms with E-state index >= 15 is 0 Å². The molecule has 2 rings (SSSR count). The minimum atomic E-state index is -3.85. The SMILES string of the molecule is Cc1ccc(S(=O)(=O)Nc2c(C)cccc2F)cc1CN. The van der Waals surface area contributed by atoms with E-state index < -0.39 is 15.8 Å². The number of anilines is 1. The maximum Gasteiger partial charge on any atom is 0.262 e. The maximum absolute atomic E-state index is 13.8. The molecule has 6 heteroatoms. The summed E-state index contributed by atoms with van der Waals surface area (Å²) in [5.74, 6) is -0.607. The zero-order valence-corrected chi connectivity index (χ0v) is 12.7. The van der Waals surface area contributed by atoms with Gasteiger partial charge < -0.3 is 5.73 Å². The number of hydrogen-bond donors (Lipinski definition) is 2. The summed E-state index contributed by atoms with van der Waals surface area (Å²) in [4.78, 5) is 0.0659. The van der Waals surface area contributed by atoms with Gasteiger partial charge in [-0.2, -0.15) is 0 Å². The number of benzene rings is 2. The van der Waals surface area contributed by atoms with Crippen LogP contribution in [0.25, 0.3) is 0 Å². The number of hydrogen-bond acceptors (Lipinski definition) is 3. The van der Waals surface area contributed by atoms with Crippen LogP contribution in [0.5, 0.6) is 0 Å². The molecule has 4 nitrogen and oxygen atoms in total. The molecule has 0 amide bonds. The number of sulfonamides is 1. The monoisotopic (exact) mass is 308 g/mol. The van der Waals surface area contributed by atoms with E-state index in [0.29, 0.717) is 5.56 Å². The zero-order valence-electron chi connectivity index (χ0n) is 11.9.